The summed E-state index contributed by atoms with van der Waals surface area (Å²) in [4.78, 5) is 0.314. The fourth-order valence-electron chi connectivity index (χ4n) is 2.73. The predicted octanol–water partition coefficient (Wildman–Crippen LogP) is 2.30. The van der Waals surface area contributed by atoms with Crippen molar-refractivity contribution in [2.24, 2.45) is 5.92 Å². The van der Waals surface area contributed by atoms with E-state index in [0.717, 1.165) is 17.5 Å². The third-order valence-corrected chi connectivity index (χ3v) is 5.97. The van der Waals surface area contributed by atoms with Crippen LogP contribution in [-0.2, 0) is 10.0 Å². The van der Waals surface area contributed by atoms with E-state index in [1.807, 2.05) is 20.8 Å². The molecule has 1 fully saturated rings. The summed E-state index contributed by atoms with van der Waals surface area (Å²) in [7, 11) is -3.43. The maximum atomic E-state index is 12.7. The van der Waals surface area contributed by atoms with Crippen LogP contribution < -0.4 is 5.73 Å². The van der Waals surface area contributed by atoms with Gasteiger partial charge in [0.2, 0.25) is 10.0 Å². The SMILES string of the molecule is Cc1cc(S(=O)(=O)N2CC(C)CC2C)cc(N)c1C. The van der Waals surface area contributed by atoms with E-state index in [9.17, 15) is 8.42 Å². The highest BCUT2D eigenvalue weighted by atomic mass is 32.2. The quantitative estimate of drug-likeness (QED) is 0.847. The summed E-state index contributed by atoms with van der Waals surface area (Å²) in [5, 5.41) is 0. The fourth-order valence-corrected chi connectivity index (χ4v) is 4.62. The molecule has 2 N–H and O–H groups in total. The number of benzene rings is 1. The lowest BCUT2D eigenvalue weighted by atomic mass is 10.1. The number of nitrogen functional groups attached to an aromatic ring is 1. The van der Waals surface area contributed by atoms with E-state index in [4.69, 9.17) is 5.73 Å². The minimum Gasteiger partial charge on any atom is -0.398 e. The van der Waals surface area contributed by atoms with E-state index in [0.29, 0.717) is 23.0 Å². The lowest BCUT2D eigenvalue weighted by Crippen LogP contribution is -2.34. The first kappa shape index (κ1) is 14.3. The average molecular weight is 282 g/mol. The third kappa shape index (κ3) is 2.49. The van der Waals surface area contributed by atoms with Gasteiger partial charge in [0.25, 0.3) is 0 Å². The van der Waals surface area contributed by atoms with Crippen molar-refractivity contribution in [1.29, 1.82) is 0 Å². The Morgan fingerprint density at radius 2 is 1.89 bits per heavy atom. The van der Waals surface area contributed by atoms with Gasteiger partial charge in [-0.05, 0) is 56.4 Å². The molecular weight excluding hydrogens is 260 g/mol. The van der Waals surface area contributed by atoms with Crippen LogP contribution in [0.5, 0.6) is 0 Å². The van der Waals surface area contributed by atoms with Crippen molar-refractivity contribution in [3.8, 4) is 0 Å². The van der Waals surface area contributed by atoms with Crippen LogP contribution >= 0.6 is 0 Å². The normalized spacial score (nSPS) is 24.8. The van der Waals surface area contributed by atoms with Crippen LogP contribution in [0.4, 0.5) is 5.69 Å². The van der Waals surface area contributed by atoms with Gasteiger partial charge in [-0.15, -0.1) is 0 Å². The molecule has 0 amide bonds. The number of aryl methyl sites for hydroxylation is 1. The molecule has 0 bridgehead atoms. The first-order chi connectivity index (χ1) is 8.73. The maximum absolute atomic E-state index is 12.7. The molecule has 1 saturated heterocycles. The highest BCUT2D eigenvalue weighted by molar-refractivity contribution is 7.89. The molecule has 0 radical (unpaired) electrons. The Hall–Kier alpha value is -1.07. The summed E-state index contributed by atoms with van der Waals surface area (Å²) < 4.78 is 27.0. The standard InChI is InChI=1S/C14H22N2O2S/c1-9-5-11(3)16(8-9)19(17,18)13-6-10(2)12(4)14(15)7-13/h6-7,9,11H,5,8,15H2,1-4H3. The number of hydrogen-bond donors (Lipinski definition) is 1. The van der Waals surface area contributed by atoms with Gasteiger partial charge in [0.15, 0.2) is 0 Å². The molecule has 0 spiro atoms. The van der Waals surface area contributed by atoms with Gasteiger partial charge in [0.1, 0.15) is 0 Å². The monoisotopic (exact) mass is 282 g/mol. The summed E-state index contributed by atoms with van der Waals surface area (Å²) in [6.45, 7) is 8.44. The molecular formula is C14H22N2O2S. The second-order valence-corrected chi connectivity index (χ2v) is 7.61. The molecule has 1 aliphatic rings. The molecule has 19 heavy (non-hydrogen) atoms. The van der Waals surface area contributed by atoms with E-state index in [-0.39, 0.29) is 6.04 Å². The second kappa shape index (κ2) is 4.80. The molecule has 5 heteroatoms. The zero-order valence-corrected chi connectivity index (χ0v) is 12.8. The van der Waals surface area contributed by atoms with E-state index >= 15 is 0 Å². The largest absolute Gasteiger partial charge is 0.398 e. The molecule has 1 aromatic carbocycles. The van der Waals surface area contributed by atoms with Crippen LogP contribution in [0.25, 0.3) is 0 Å². The van der Waals surface area contributed by atoms with Gasteiger partial charge in [-0.2, -0.15) is 4.31 Å². The third-order valence-electron chi connectivity index (χ3n) is 4.01. The highest BCUT2D eigenvalue weighted by Gasteiger charge is 2.36. The van der Waals surface area contributed by atoms with Crippen LogP contribution in [0.15, 0.2) is 17.0 Å². The topological polar surface area (TPSA) is 63.4 Å². The first-order valence-corrected chi connectivity index (χ1v) is 8.06. The molecule has 0 saturated carbocycles. The molecule has 2 unspecified atom stereocenters. The average Bonchev–Trinajstić information content (AvgIpc) is 2.65. The molecule has 1 aromatic rings. The van der Waals surface area contributed by atoms with Crippen molar-refractivity contribution < 1.29 is 8.42 Å². The Bertz CT molecular complexity index is 572. The maximum Gasteiger partial charge on any atom is 0.243 e. The number of rotatable bonds is 2. The predicted molar refractivity (Wildman–Crippen MR) is 77.5 cm³/mol. The van der Waals surface area contributed by atoms with Gasteiger partial charge in [-0.1, -0.05) is 6.92 Å². The van der Waals surface area contributed by atoms with Gasteiger partial charge >= 0.3 is 0 Å². The second-order valence-electron chi connectivity index (χ2n) is 5.72. The number of nitrogens with two attached hydrogens (primary N) is 1. The smallest absolute Gasteiger partial charge is 0.243 e. The molecule has 0 aromatic heterocycles. The Balaban J connectivity index is 2.46. The molecule has 0 aliphatic carbocycles. The first-order valence-electron chi connectivity index (χ1n) is 6.62. The Kier molecular flexibility index (Phi) is 3.62. The van der Waals surface area contributed by atoms with E-state index in [2.05, 4.69) is 6.92 Å². The number of nitrogens with zero attached hydrogens (tertiary/aromatic N) is 1. The zero-order valence-electron chi connectivity index (χ0n) is 12.0. The minimum absolute atomic E-state index is 0.0582. The van der Waals surface area contributed by atoms with Gasteiger partial charge < -0.3 is 5.73 Å². The molecule has 1 aliphatic heterocycles. The van der Waals surface area contributed by atoms with Crippen molar-refractivity contribution in [3.63, 3.8) is 0 Å². The number of sulfonamides is 1. The lowest BCUT2D eigenvalue weighted by molar-refractivity contribution is 0.405. The van der Waals surface area contributed by atoms with Crippen LogP contribution in [0, 0.1) is 19.8 Å². The number of anilines is 1. The van der Waals surface area contributed by atoms with Gasteiger partial charge in [-0.3, -0.25) is 0 Å². The fraction of sp³-hybridized carbons (Fsp3) is 0.571. The van der Waals surface area contributed by atoms with Crippen molar-refractivity contribution in [1.82, 2.24) is 4.31 Å². The van der Waals surface area contributed by atoms with Crippen LogP contribution in [-0.4, -0.2) is 25.3 Å². The summed E-state index contributed by atoms with van der Waals surface area (Å²) in [6.07, 6.45) is 0.916. The van der Waals surface area contributed by atoms with Gasteiger partial charge in [-0.25, -0.2) is 8.42 Å². The molecule has 4 nitrogen and oxygen atoms in total. The summed E-state index contributed by atoms with van der Waals surface area (Å²) in [6, 6.07) is 3.35. The van der Waals surface area contributed by atoms with Crippen LogP contribution in [0.3, 0.4) is 0 Å². The van der Waals surface area contributed by atoms with Crippen molar-refractivity contribution in [3.05, 3.63) is 23.3 Å². The Morgan fingerprint density at radius 1 is 1.26 bits per heavy atom. The van der Waals surface area contributed by atoms with E-state index in [1.165, 1.54) is 0 Å². The van der Waals surface area contributed by atoms with E-state index in [1.54, 1.807) is 16.4 Å². The molecule has 106 valence electrons. The number of hydrogen-bond acceptors (Lipinski definition) is 3. The van der Waals surface area contributed by atoms with Crippen LogP contribution in [0.1, 0.15) is 31.4 Å². The molecule has 1 heterocycles. The summed E-state index contributed by atoms with van der Waals surface area (Å²) >= 11 is 0. The summed E-state index contributed by atoms with van der Waals surface area (Å²) in [5.41, 5.74) is 8.30. The molecule has 2 rings (SSSR count). The van der Waals surface area contributed by atoms with Gasteiger partial charge in [0.05, 0.1) is 4.90 Å². The minimum atomic E-state index is -3.43. The molecule has 2 atom stereocenters. The lowest BCUT2D eigenvalue weighted by Gasteiger charge is -2.22. The highest BCUT2D eigenvalue weighted by Crippen LogP contribution is 2.31. The summed E-state index contributed by atoms with van der Waals surface area (Å²) in [5.74, 6) is 0.411. The van der Waals surface area contributed by atoms with Crippen LogP contribution in [0.2, 0.25) is 0 Å². The Morgan fingerprint density at radius 3 is 2.37 bits per heavy atom. The Labute approximate surface area is 115 Å². The van der Waals surface area contributed by atoms with Crippen molar-refractivity contribution in [2.75, 3.05) is 12.3 Å². The van der Waals surface area contributed by atoms with Crippen molar-refractivity contribution >= 4 is 15.7 Å². The zero-order chi connectivity index (χ0) is 14.4. The van der Waals surface area contributed by atoms with Gasteiger partial charge in [0, 0.05) is 18.3 Å². The van der Waals surface area contributed by atoms with Crippen molar-refractivity contribution in [2.45, 2.75) is 45.1 Å². The van der Waals surface area contributed by atoms with E-state index < -0.39 is 10.0 Å².